The summed E-state index contributed by atoms with van der Waals surface area (Å²) in [4.78, 5) is 13.1. The van der Waals surface area contributed by atoms with Gasteiger partial charge in [0.1, 0.15) is 0 Å². The van der Waals surface area contributed by atoms with Crippen LogP contribution < -0.4 is 0 Å². The molecule has 4 nitrogen and oxygen atoms in total. The third kappa shape index (κ3) is 7.44. The van der Waals surface area contributed by atoms with Crippen LogP contribution in [0.25, 0.3) is 55.7 Å². The Balaban J connectivity index is 0.000000246. The zero-order valence-electron chi connectivity index (χ0n) is 31.9. The molecular weight excluding hydrogens is 755 g/mol. The van der Waals surface area contributed by atoms with Crippen LogP contribution >= 0.6 is 0 Å². The molecule has 5 heteroatoms. The molecule has 0 fully saturated rings. The van der Waals surface area contributed by atoms with Crippen molar-refractivity contribution in [3.05, 3.63) is 175 Å². The molecule has 0 atom stereocenters. The van der Waals surface area contributed by atoms with Gasteiger partial charge in [-0.15, -0.1) is 54.1 Å². The molecule has 0 spiro atoms. The Morgan fingerprint density at radius 3 is 2.30 bits per heavy atom. The molecule has 8 aromatic rings. The second-order valence-corrected chi connectivity index (χ2v) is 10.4. The minimum Gasteiger partial charge on any atom is -0.486 e. The molecule has 8 rings (SSSR count). The van der Waals surface area contributed by atoms with Gasteiger partial charge in [-0.3, -0.25) is 0 Å². The first-order valence-electron chi connectivity index (χ1n) is 18.2. The fourth-order valence-corrected chi connectivity index (χ4v) is 5.02. The summed E-state index contributed by atoms with van der Waals surface area (Å²) in [5.74, 6) is 0. The van der Waals surface area contributed by atoms with Gasteiger partial charge >= 0.3 is 0 Å². The van der Waals surface area contributed by atoms with E-state index in [1.807, 2.05) is 72.8 Å². The fourth-order valence-electron chi connectivity index (χ4n) is 5.02. The van der Waals surface area contributed by atoms with Crippen molar-refractivity contribution in [3.63, 3.8) is 0 Å². The monoisotopic (exact) mass is 793 g/mol. The first-order chi connectivity index (χ1) is 25.4. The molecule has 47 heavy (non-hydrogen) atoms. The molecule has 1 radical (unpaired) electrons. The van der Waals surface area contributed by atoms with Crippen molar-refractivity contribution in [1.82, 2.24) is 15.0 Å². The van der Waals surface area contributed by atoms with Crippen LogP contribution in [-0.4, -0.2) is 15.0 Å². The van der Waals surface area contributed by atoms with E-state index in [4.69, 9.17) is 14.0 Å². The normalized spacial score (nSPS) is 13.7. The summed E-state index contributed by atoms with van der Waals surface area (Å²) in [6, 6.07) is 46.3. The fraction of sp³-hybridized carbons (Fsp3) is 0.0714. The Morgan fingerprint density at radius 2 is 1.53 bits per heavy atom. The zero-order valence-corrected chi connectivity index (χ0v) is 27.3. The molecule has 4 heterocycles. The maximum Gasteiger partial charge on any atom is 0.216 e. The summed E-state index contributed by atoms with van der Waals surface area (Å²) >= 11 is 0. The summed E-state index contributed by atoms with van der Waals surface area (Å²) in [5, 5.41) is 1.52. The maximum atomic E-state index is 8.67. The molecule has 0 unspecified atom stereocenters. The quantitative estimate of drug-likeness (QED) is 0.157. The van der Waals surface area contributed by atoms with Crippen LogP contribution in [-0.2, 0) is 32.9 Å². The third-order valence-electron chi connectivity index (χ3n) is 7.28. The van der Waals surface area contributed by atoms with Gasteiger partial charge in [-0.2, -0.15) is 0 Å². The van der Waals surface area contributed by atoms with Crippen molar-refractivity contribution in [1.29, 1.82) is 0 Å². The summed E-state index contributed by atoms with van der Waals surface area (Å²) in [6.45, 7) is -2.09. The van der Waals surface area contributed by atoms with Crippen molar-refractivity contribution < 1.29 is 34.1 Å². The second kappa shape index (κ2) is 14.9. The number of nitrogens with zero attached hydrogens (tertiary/aromatic N) is 3. The van der Waals surface area contributed by atoms with Gasteiger partial charge in [0.15, 0.2) is 0 Å². The van der Waals surface area contributed by atoms with Gasteiger partial charge in [-0.25, -0.2) is 4.98 Å². The average molecular weight is 793 g/mol. The Morgan fingerprint density at radius 1 is 0.702 bits per heavy atom. The van der Waals surface area contributed by atoms with E-state index in [1.165, 1.54) is 12.3 Å². The molecular formula is C42H31IrN3O-2. The van der Waals surface area contributed by atoms with Crippen LogP contribution in [0.4, 0.5) is 0 Å². The van der Waals surface area contributed by atoms with Crippen LogP contribution in [0.3, 0.4) is 0 Å². The summed E-state index contributed by atoms with van der Waals surface area (Å²) < 4.78 is 62.3. The van der Waals surface area contributed by atoms with E-state index in [0.29, 0.717) is 22.2 Å². The number of furan rings is 1. The van der Waals surface area contributed by atoms with Gasteiger partial charge < -0.3 is 14.4 Å². The summed E-state index contributed by atoms with van der Waals surface area (Å²) in [5.41, 5.74) is 6.30. The number of hydrogen-bond donors (Lipinski definition) is 0. The van der Waals surface area contributed by atoms with E-state index in [0.717, 1.165) is 27.8 Å². The predicted octanol–water partition coefficient (Wildman–Crippen LogP) is 10.2. The van der Waals surface area contributed by atoms with Crippen molar-refractivity contribution in [2.24, 2.45) is 0 Å². The minimum atomic E-state index is -2.40. The number of aromatic nitrogens is 3. The third-order valence-corrected chi connectivity index (χ3v) is 7.28. The van der Waals surface area contributed by atoms with E-state index in [-0.39, 0.29) is 42.6 Å². The molecule has 0 saturated carbocycles. The molecule has 0 N–H and O–H groups in total. The van der Waals surface area contributed by atoms with Crippen LogP contribution in [0.1, 0.15) is 26.4 Å². The molecule has 0 saturated heterocycles. The molecule has 4 aromatic heterocycles. The van der Waals surface area contributed by atoms with Crippen molar-refractivity contribution in [2.75, 3.05) is 0 Å². The minimum absolute atomic E-state index is 0. The second-order valence-electron chi connectivity index (χ2n) is 10.4. The van der Waals surface area contributed by atoms with Gasteiger partial charge in [0.25, 0.3) is 0 Å². The van der Waals surface area contributed by atoms with Crippen LogP contribution in [0, 0.1) is 19.0 Å². The van der Waals surface area contributed by atoms with Crippen molar-refractivity contribution in [2.45, 2.75) is 19.6 Å². The van der Waals surface area contributed by atoms with E-state index in [9.17, 15) is 0 Å². The van der Waals surface area contributed by atoms with E-state index in [2.05, 4.69) is 27.1 Å². The van der Waals surface area contributed by atoms with Gasteiger partial charge in [0.2, 0.25) is 5.71 Å². The Hall–Kier alpha value is -5.22. The molecule has 0 aliphatic heterocycles. The molecule has 4 aromatic carbocycles. The predicted molar refractivity (Wildman–Crippen MR) is 186 cm³/mol. The first-order valence-corrected chi connectivity index (χ1v) is 14.7. The molecule has 231 valence electrons. The summed E-state index contributed by atoms with van der Waals surface area (Å²) in [7, 11) is 0. The van der Waals surface area contributed by atoms with Gasteiger partial charge in [0.05, 0.1) is 5.58 Å². The standard InChI is InChI=1S/C30H21N2O.C12H10N.Ir/c1-3-8-21(9-4-1)14-15-24-16-17-26-25-12-7-13-27(29(25)33-30(26)32-24)28-20-23(18-19-31-28)22-10-5-2-6-11-22;1-10-7-8-12(13-9-10)11-5-3-2-4-6-11;/h1-12,16-20H,14-15H2;2-5,7-9H,1H3;/q2*-1;/i14D2,15D2;1D3;. The maximum absolute atomic E-state index is 8.67. The van der Waals surface area contributed by atoms with Gasteiger partial charge in [0, 0.05) is 53.2 Å². The molecule has 0 amide bonds. The van der Waals surface area contributed by atoms with Gasteiger partial charge in [-0.1, -0.05) is 89.8 Å². The van der Waals surface area contributed by atoms with E-state index < -0.39 is 19.6 Å². The van der Waals surface area contributed by atoms with E-state index >= 15 is 0 Å². The smallest absolute Gasteiger partial charge is 0.216 e. The number of pyridine rings is 3. The molecule has 0 aliphatic rings. The van der Waals surface area contributed by atoms with E-state index in [1.54, 1.807) is 60.8 Å². The Labute approximate surface area is 298 Å². The zero-order chi connectivity index (χ0) is 37.2. The Kier molecular flexibility index (Phi) is 7.62. The number of fused-ring (bicyclic) bond motifs is 3. The molecule has 0 aliphatic carbocycles. The van der Waals surface area contributed by atoms with Crippen molar-refractivity contribution in [3.8, 4) is 33.6 Å². The largest absolute Gasteiger partial charge is 0.486 e. The van der Waals surface area contributed by atoms with Crippen LogP contribution in [0.2, 0.25) is 0 Å². The summed E-state index contributed by atoms with van der Waals surface area (Å²) in [6.07, 6.45) is -1.56. The molecule has 0 bridgehead atoms. The van der Waals surface area contributed by atoms with Crippen LogP contribution in [0.15, 0.2) is 150 Å². The number of aryl methyl sites for hydroxylation is 3. The van der Waals surface area contributed by atoms with Crippen molar-refractivity contribution >= 4 is 22.1 Å². The van der Waals surface area contributed by atoms with Crippen LogP contribution in [0.5, 0.6) is 0 Å². The SMILES string of the molecule is [2H]C([2H])([2H])c1ccc(-c2[c-]cccc2)nc1.[2H]C([2H])(c1ccccc1)C([2H])([2H])c1ccc2c(n1)oc1c(-c3cc(-c4ccccc4)ccn3)[c-]ccc12.[Ir]. The number of rotatable bonds is 6. The average Bonchev–Trinajstić information content (AvgIpc) is 3.57. The number of benzene rings is 4. The topological polar surface area (TPSA) is 51.8 Å². The Bertz CT molecular complexity index is 2490. The van der Waals surface area contributed by atoms with Gasteiger partial charge in [-0.05, 0) is 71.4 Å². The first kappa shape index (κ1) is 24.0. The number of hydrogen-bond acceptors (Lipinski definition) is 4.